The van der Waals surface area contributed by atoms with Gasteiger partial charge in [-0.1, -0.05) is 0 Å². The minimum absolute atomic E-state index is 0.120. The van der Waals surface area contributed by atoms with E-state index in [4.69, 9.17) is 5.73 Å². The Morgan fingerprint density at radius 2 is 2.00 bits per heavy atom. The lowest BCUT2D eigenvalue weighted by Gasteiger charge is -2.12. The molecule has 0 fully saturated rings. The van der Waals surface area contributed by atoms with Crippen molar-refractivity contribution >= 4 is 27.3 Å². The number of nitrogens with two attached hydrogens (primary N) is 1. The van der Waals surface area contributed by atoms with Crippen molar-refractivity contribution in [3.63, 3.8) is 0 Å². The highest BCUT2D eigenvalue weighted by atomic mass is 79.9. The quantitative estimate of drug-likeness (QED) is 0.825. The Labute approximate surface area is 79.5 Å². The summed E-state index contributed by atoms with van der Waals surface area (Å²) in [6.07, 6.45) is -4.36. The molecule has 0 aromatic carbocycles. The molecule has 1 aromatic heterocycles. The molecule has 1 rings (SSSR count). The molecule has 0 amide bonds. The Morgan fingerprint density at radius 1 is 1.42 bits per heavy atom. The summed E-state index contributed by atoms with van der Waals surface area (Å²) in [5, 5.41) is 0. The first-order valence-corrected chi connectivity index (χ1v) is 4.60. The van der Waals surface area contributed by atoms with E-state index in [1.54, 1.807) is 6.07 Å². The molecule has 0 aliphatic heterocycles. The predicted octanol–water partition coefficient (Wildman–Crippen LogP) is 3.07. The van der Waals surface area contributed by atoms with Crippen molar-refractivity contribution in [2.24, 2.45) is 5.73 Å². The Kier molecular flexibility index (Phi) is 2.80. The second-order valence-electron chi connectivity index (χ2n) is 2.16. The molecule has 68 valence electrons. The molecule has 0 spiro atoms. The Morgan fingerprint density at radius 3 is 2.33 bits per heavy atom. The third-order valence-corrected chi connectivity index (χ3v) is 2.96. The monoisotopic (exact) mass is 259 g/mol. The summed E-state index contributed by atoms with van der Waals surface area (Å²) in [5.41, 5.74) is 4.95. The number of rotatable bonds is 1. The lowest BCUT2D eigenvalue weighted by molar-refractivity contribution is -0.148. The summed E-state index contributed by atoms with van der Waals surface area (Å²) >= 11 is 4.06. The zero-order valence-electron chi connectivity index (χ0n) is 5.73. The SMILES string of the molecule is N[C@@H](c1ccc(Br)s1)C(F)(F)F. The van der Waals surface area contributed by atoms with E-state index < -0.39 is 12.2 Å². The van der Waals surface area contributed by atoms with Crippen molar-refractivity contribution in [2.75, 3.05) is 0 Å². The van der Waals surface area contributed by atoms with Crippen LogP contribution in [0.25, 0.3) is 0 Å². The largest absolute Gasteiger partial charge is 0.408 e. The van der Waals surface area contributed by atoms with Crippen molar-refractivity contribution in [2.45, 2.75) is 12.2 Å². The zero-order chi connectivity index (χ0) is 9.35. The summed E-state index contributed by atoms with van der Waals surface area (Å²) in [5.74, 6) is 0. The van der Waals surface area contributed by atoms with Gasteiger partial charge in [-0.2, -0.15) is 13.2 Å². The zero-order valence-corrected chi connectivity index (χ0v) is 8.13. The second-order valence-corrected chi connectivity index (χ2v) is 4.66. The van der Waals surface area contributed by atoms with Crippen LogP contribution in [0.2, 0.25) is 0 Å². The number of halogens is 4. The number of hydrogen-bond acceptors (Lipinski definition) is 2. The molecule has 0 saturated heterocycles. The minimum atomic E-state index is -4.36. The Hall–Kier alpha value is -0.0700. The number of alkyl halides is 3. The van der Waals surface area contributed by atoms with Gasteiger partial charge < -0.3 is 5.73 Å². The van der Waals surface area contributed by atoms with Crippen molar-refractivity contribution in [3.05, 3.63) is 20.8 Å². The van der Waals surface area contributed by atoms with Gasteiger partial charge in [-0.15, -0.1) is 11.3 Å². The van der Waals surface area contributed by atoms with Crippen LogP contribution in [0.4, 0.5) is 13.2 Å². The van der Waals surface area contributed by atoms with Gasteiger partial charge in [0, 0.05) is 4.88 Å². The second kappa shape index (κ2) is 3.35. The predicted molar refractivity (Wildman–Crippen MR) is 45.0 cm³/mol. The first-order valence-electron chi connectivity index (χ1n) is 2.99. The van der Waals surface area contributed by atoms with Gasteiger partial charge in [-0.3, -0.25) is 0 Å². The molecule has 1 aromatic rings. The lowest BCUT2D eigenvalue weighted by Crippen LogP contribution is -2.27. The maximum absolute atomic E-state index is 12.0. The number of hydrogen-bond donors (Lipinski definition) is 1. The smallest absolute Gasteiger partial charge is 0.316 e. The van der Waals surface area contributed by atoms with Gasteiger partial charge in [0.15, 0.2) is 0 Å². The van der Waals surface area contributed by atoms with E-state index in [-0.39, 0.29) is 4.88 Å². The highest BCUT2D eigenvalue weighted by molar-refractivity contribution is 9.11. The van der Waals surface area contributed by atoms with Crippen LogP contribution in [0.1, 0.15) is 10.9 Å². The maximum atomic E-state index is 12.0. The summed E-state index contributed by atoms with van der Waals surface area (Å²) < 4.78 is 36.7. The molecule has 0 unspecified atom stereocenters. The van der Waals surface area contributed by atoms with Crippen molar-refractivity contribution in [1.29, 1.82) is 0 Å². The minimum Gasteiger partial charge on any atom is -0.316 e. The van der Waals surface area contributed by atoms with Crippen molar-refractivity contribution < 1.29 is 13.2 Å². The average molecular weight is 260 g/mol. The molecular weight excluding hydrogens is 255 g/mol. The fraction of sp³-hybridized carbons (Fsp3) is 0.333. The van der Waals surface area contributed by atoms with Crippen LogP contribution in [0.3, 0.4) is 0 Å². The van der Waals surface area contributed by atoms with Gasteiger partial charge in [0.05, 0.1) is 3.79 Å². The molecule has 0 aliphatic carbocycles. The van der Waals surface area contributed by atoms with E-state index in [0.717, 1.165) is 11.3 Å². The summed E-state index contributed by atoms with van der Waals surface area (Å²) in [7, 11) is 0. The van der Waals surface area contributed by atoms with E-state index in [2.05, 4.69) is 15.9 Å². The van der Waals surface area contributed by atoms with E-state index in [1.165, 1.54) is 6.07 Å². The van der Waals surface area contributed by atoms with Gasteiger partial charge >= 0.3 is 6.18 Å². The lowest BCUT2D eigenvalue weighted by atomic mass is 10.2. The molecule has 0 saturated carbocycles. The standard InChI is InChI=1S/C6H5BrF3NS/c7-4-2-1-3(12-4)5(11)6(8,9)10/h1-2,5H,11H2/t5-/m0/s1. The first-order chi connectivity index (χ1) is 5.41. The first kappa shape index (κ1) is 10.0. The normalized spacial score (nSPS) is 14.8. The van der Waals surface area contributed by atoms with Crippen molar-refractivity contribution in [1.82, 2.24) is 0 Å². The van der Waals surface area contributed by atoms with E-state index in [9.17, 15) is 13.2 Å². The molecule has 0 aliphatic rings. The topological polar surface area (TPSA) is 26.0 Å². The van der Waals surface area contributed by atoms with Gasteiger partial charge in [0.1, 0.15) is 6.04 Å². The Bertz CT molecular complexity index is 270. The average Bonchev–Trinajstić information content (AvgIpc) is 2.32. The summed E-state index contributed by atoms with van der Waals surface area (Å²) in [4.78, 5) is 0.120. The molecule has 1 heterocycles. The highest BCUT2D eigenvalue weighted by Crippen LogP contribution is 2.35. The van der Waals surface area contributed by atoms with Crippen LogP contribution < -0.4 is 5.73 Å². The van der Waals surface area contributed by atoms with E-state index in [1.807, 2.05) is 0 Å². The third-order valence-electron chi connectivity index (χ3n) is 1.25. The van der Waals surface area contributed by atoms with Crippen molar-refractivity contribution in [3.8, 4) is 0 Å². The fourth-order valence-electron chi connectivity index (χ4n) is 0.657. The molecule has 0 radical (unpaired) electrons. The Balaban J connectivity index is 2.85. The maximum Gasteiger partial charge on any atom is 0.408 e. The number of thiophene rings is 1. The van der Waals surface area contributed by atoms with Crippen LogP contribution in [0.5, 0.6) is 0 Å². The molecule has 1 nitrogen and oxygen atoms in total. The van der Waals surface area contributed by atoms with Gasteiger partial charge in [-0.25, -0.2) is 0 Å². The van der Waals surface area contributed by atoms with Gasteiger partial charge in [0.25, 0.3) is 0 Å². The molecular formula is C6H5BrF3NS. The van der Waals surface area contributed by atoms with Crippen LogP contribution in [0, 0.1) is 0 Å². The fourth-order valence-corrected chi connectivity index (χ4v) is 2.11. The molecule has 1 atom stereocenters. The molecule has 12 heavy (non-hydrogen) atoms. The molecule has 0 bridgehead atoms. The summed E-state index contributed by atoms with van der Waals surface area (Å²) in [6.45, 7) is 0. The molecule has 2 N–H and O–H groups in total. The van der Waals surface area contributed by atoms with Gasteiger partial charge in [0.2, 0.25) is 0 Å². The summed E-state index contributed by atoms with van der Waals surface area (Å²) in [6, 6.07) is 1.05. The van der Waals surface area contributed by atoms with E-state index in [0.29, 0.717) is 3.79 Å². The van der Waals surface area contributed by atoms with Crippen LogP contribution in [0.15, 0.2) is 15.9 Å². The van der Waals surface area contributed by atoms with Crippen LogP contribution >= 0.6 is 27.3 Å². The molecule has 6 heteroatoms. The van der Waals surface area contributed by atoms with Gasteiger partial charge in [-0.05, 0) is 28.1 Å². The van der Waals surface area contributed by atoms with E-state index >= 15 is 0 Å². The highest BCUT2D eigenvalue weighted by Gasteiger charge is 2.38. The van der Waals surface area contributed by atoms with Crippen LogP contribution in [-0.4, -0.2) is 6.18 Å². The third kappa shape index (κ3) is 2.21. The van der Waals surface area contributed by atoms with Crippen LogP contribution in [-0.2, 0) is 0 Å².